The fraction of sp³-hybridized carbons (Fsp3) is 0.524. The molecule has 1 aliphatic rings. The number of hydrogen-bond acceptors (Lipinski definition) is 3. The lowest BCUT2D eigenvalue weighted by atomic mass is 10.1. The van der Waals surface area contributed by atoms with Crippen LogP contribution in [0.5, 0.6) is 0 Å². The SMILES string of the molecule is CCNC(=NCc1nccn1Cc1ccccc1)N1CCC(OCC)CC1.I. The highest BCUT2D eigenvalue weighted by Crippen LogP contribution is 2.14. The van der Waals surface area contributed by atoms with Crippen molar-refractivity contribution in [2.24, 2.45) is 4.99 Å². The van der Waals surface area contributed by atoms with E-state index in [2.05, 4.69) is 57.9 Å². The predicted molar refractivity (Wildman–Crippen MR) is 124 cm³/mol. The fourth-order valence-corrected chi connectivity index (χ4v) is 3.46. The molecule has 1 aromatic carbocycles. The second kappa shape index (κ2) is 12.1. The molecule has 1 aromatic heterocycles. The highest BCUT2D eigenvalue weighted by Gasteiger charge is 2.21. The Hall–Kier alpha value is -1.61. The summed E-state index contributed by atoms with van der Waals surface area (Å²) in [6.07, 6.45) is 6.38. The summed E-state index contributed by atoms with van der Waals surface area (Å²) in [5, 5.41) is 3.43. The molecule has 0 radical (unpaired) electrons. The third kappa shape index (κ3) is 6.48. The molecule has 0 amide bonds. The van der Waals surface area contributed by atoms with Crippen molar-refractivity contribution in [1.82, 2.24) is 19.8 Å². The maximum absolute atomic E-state index is 5.76. The molecule has 0 saturated carbocycles. The third-order valence-electron chi connectivity index (χ3n) is 4.85. The normalized spacial score (nSPS) is 15.4. The fourth-order valence-electron chi connectivity index (χ4n) is 3.46. The summed E-state index contributed by atoms with van der Waals surface area (Å²) >= 11 is 0. The van der Waals surface area contributed by atoms with Gasteiger partial charge in [0.05, 0.1) is 6.10 Å². The largest absolute Gasteiger partial charge is 0.378 e. The highest BCUT2D eigenvalue weighted by atomic mass is 127. The van der Waals surface area contributed by atoms with Crippen LogP contribution in [-0.2, 0) is 17.8 Å². The Kier molecular flexibility index (Phi) is 9.77. The highest BCUT2D eigenvalue weighted by molar-refractivity contribution is 14.0. The molecular weight excluding hydrogens is 465 g/mol. The zero-order chi connectivity index (χ0) is 18.9. The Balaban J connectivity index is 0.00000280. The van der Waals surface area contributed by atoms with Crippen LogP contribution in [0.3, 0.4) is 0 Å². The maximum Gasteiger partial charge on any atom is 0.194 e. The molecule has 154 valence electrons. The van der Waals surface area contributed by atoms with E-state index in [0.717, 1.165) is 57.4 Å². The van der Waals surface area contributed by atoms with Gasteiger partial charge in [-0.2, -0.15) is 0 Å². The summed E-state index contributed by atoms with van der Waals surface area (Å²) in [6.45, 7) is 9.19. The minimum Gasteiger partial charge on any atom is -0.378 e. The molecule has 0 spiro atoms. The van der Waals surface area contributed by atoms with E-state index in [-0.39, 0.29) is 24.0 Å². The molecule has 0 atom stereocenters. The van der Waals surface area contributed by atoms with Crippen LogP contribution in [0, 0.1) is 0 Å². The number of ether oxygens (including phenoxy) is 1. The number of halogens is 1. The Morgan fingerprint density at radius 3 is 2.64 bits per heavy atom. The van der Waals surface area contributed by atoms with Crippen molar-refractivity contribution in [3.8, 4) is 0 Å². The van der Waals surface area contributed by atoms with Crippen LogP contribution >= 0.6 is 24.0 Å². The molecule has 2 aromatic rings. The van der Waals surface area contributed by atoms with Gasteiger partial charge in [-0.15, -0.1) is 24.0 Å². The van der Waals surface area contributed by atoms with E-state index in [1.54, 1.807) is 0 Å². The molecule has 6 nitrogen and oxygen atoms in total. The predicted octanol–water partition coefficient (Wildman–Crippen LogP) is 3.52. The van der Waals surface area contributed by atoms with Crippen LogP contribution in [0.25, 0.3) is 0 Å². The summed E-state index contributed by atoms with van der Waals surface area (Å²) in [5.41, 5.74) is 1.27. The van der Waals surface area contributed by atoms with Gasteiger partial charge in [0.25, 0.3) is 0 Å². The van der Waals surface area contributed by atoms with Gasteiger partial charge in [0, 0.05) is 45.2 Å². The smallest absolute Gasteiger partial charge is 0.194 e. The van der Waals surface area contributed by atoms with E-state index in [1.807, 2.05) is 18.5 Å². The summed E-state index contributed by atoms with van der Waals surface area (Å²) in [5.74, 6) is 1.96. The van der Waals surface area contributed by atoms with Crippen molar-refractivity contribution in [2.45, 2.75) is 45.9 Å². The van der Waals surface area contributed by atoms with Gasteiger partial charge in [-0.3, -0.25) is 0 Å². The first kappa shape index (κ1) is 22.7. The van der Waals surface area contributed by atoms with Gasteiger partial charge in [-0.1, -0.05) is 30.3 Å². The molecule has 1 aliphatic heterocycles. The molecule has 28 heavy (non-hydrogen) atoms. The van der Waals surface area contributed by atoms with Gasteiger partial charge in [0.2, 0.25) is 0 Å². The number of nitrogens with one attached hydrogen (secondary N) is 1. The summed E-state index contributed by atoms with van der Waals surface area (Å²) in [4.78, 5) is 11.7. The minimum absolute atomic E-state index is 0. The lowest BCUT2D eigenvalue weighted by Crippen LogP contribution is -2.47. The van der Waals surface area contributed by atoms with Crippen LogP contribution in [0.1, 0.15) is 38.1 Å². The molecule has 0 bridgehead atoms. The van der Waals surface area contributed by atoms with Crippen molar-refractivity contribution in [2.75, 3.05) is 26.2 Å². The van der Waals surface area contributed by atoms with Crippen molar-refractivity contribution in [3.63, 3.8) is 0 Å². The molecule has 0 aliphatic carbocycles. The number of piperidine rings is 1. The number of benzene rings is 1. The molecule has 2 heterocycles. The van der Waals surface area contributed by atoms with Crippen LogP contribution in [0.4, 0.5) is 0 Å². The van der Waals surface area contributed by atoms with Crippen LogP contribution in [0.2, 0.25) is 0 Å². The van der Waals surface area contributed by atoms with Crippen molar-refractivity contribution in [1.29, 1.82) is 0 Å². The van der Waals surface area contributed by atoms with E-state index in [1.165, 1.54) is 5.56 Å². The monoisotopic (exact) mass is 497 g/mol. The first-order valence-corrected chi connectivity index (χ1v) is 9.99. The molecule has 1 saturated heterocycles. The summed E-state index contributed by atoms with van der Waals surface area (Å²) in [6, 6.07) is 10.5. The van der Waals surface area contributed by atoms with Gasteiger partial charge in [-0.05, 0) is 32.3 Å². The van der Waals surface area contributed by atoms with Gasteiger partial charge in [0.15, 0.2) is 5.96 Å². The average Bonchev–Trinajstić information content (AvgIpc) is 3.14. The summed E-state index contributed by atoms with van der Waals surface area (Å²) < 4.78 is 7.93. The number of guanidine groups is 1. The van der Waals surface area contributed by atoms with E-state index in [0.29, 0.717) is 12.6 Å². The second-order valence-corrected chi connectivity index (χ2v) is 6.77. The van der Waals surface area contributed by atoms with Crippen LogP contribution < -0.4 is 5.32 Å². The van der Waals surface area contributed by atoms with E-state index < -0.39 is 0 Å². The van der Waals surface area contributed by atoms with Gasteiger partial charge in [-0.25, -0.2) is 9.98 Å². The maximum atomic E-state index is 5.76. The Labute approximate surface area is 185 Å². The number of aromatic nitrogens is 2. The number of rotatable bonds is 7. The molecule has 1 N–H and O–H groups in total. The van der Waals surface area contributed by atoms with Gasteiger partial charge in [0.1, 0.15) is 12.4 Å². The standard InChI is InChI=1S/C21H31N5O.HI/c1-3-22-21(25-13-10-19(11-14-25)27-4-2)24-16-20-23-12-15-26(20)17-18-8-6-5-7-9-18;/h5-9,12,15,19H,3-4,10-11,13-14,16-17H2,1-2H3,(H,22,24);1H. The number of nitrogens with zero attached hydrogens (tertiary/aromatic N) is 4. The Morgan fingerprint density at radius 2 is 1.96 bits per heavy atom. The zero-order valence-corrected chi connectivity index (χ0v) is 19.2. The minimum atomic E-state index is 0. The first-order valence-electron chi connectivity index (χ1n) is 9.99. The second-order valence-electron chi connectivity index (χ2n) is 6.77. The number of likely N-dealkylation sites (tertiary alicyclic amines) is 1. The van der Waals surface area contributed by atoms with E-state index in [9.17, 15) is 0 Å². The number of aliphatic imine (C=N–C) groups is 1. The topological polar surface area (TPSA) is 54.7 Å². The Bertz CT molecular complexity index is 711. The average molecular weight is 497 g/mol. The lowest BCUT2D eigenvalue weighted by Gasteiger charge is -2.34. The van der Waals surface area contributed by atoms with E-state index >= 15 is 0 Å². The molecule has 1 fully saturated rings. The molecular formula is C21H32IN5O. The first-order chi connectivity index (χ1) is 13.3. The van der Waals surface area contributed by atoms with Gasteiger partial charge < -0.3 is 19.5 Å². The number of hydrogen-bond donors (Lipinski definition) is 1. The van der Waals surface area contributed by atoms with Crippen molar-refractivity contribution >= 4 is 29.9 Å². The van der Waals surface area contributed by atoms with Crippen LogP contribution in [0.15, 0.2) is 47.7 Å². The lowest BCUT2D eigenvalue weighted by molar-refractivity contribution is 0.0263. The van der Waals surface area contributed by atoms with E-state index in [4.69, 9.17) is 9.73 Å². The quantitative estimate of drug-likeness (QED) is 0.362. The molecule has 3 rings (SSSR count). The Morgan fingerprint density at radius 1 is 1.21 bits per heavy atom. The molecule has 7 heteroatoms. The third-order valence-corrected chi connectivity index (χ3v) is 4.85. The van der Waals surface area contributed by atoms with Crippen molar-refractivity contribution < 1.29 is 4.74 Å². The summed E-state index contributed by atoms with van der Waals surface area (Å²) in [7, 11) is 0. The van der Waals surface area contributed by atoms with Gasteiger partial charge >= 0.3 is 0 Å². The van der Waals surface area contributed by atoms with Crippen LogP contribution in [-0.4, -0.2) is 52.8 Å². The van der Waals surface area contributed by atoms with Crippen molar-refractivity contribution in [3.05, 3.63) is 54.1 Å². The number of imidazole rings is 1. The molecule has 0 unspecified atom stereocenters. The zero-order valence-electron chi connectivity index (χ0n) is 16.9.